The van der Waals surface area contributed by atoms with Crippen molar-refractivity contribution < 1.29 is 52.1 Å². The van der Waals surface area contributed by atoms with Gasteiger partial charge in [-0.1, -0.05) is 0 Å². The molecule has 0 aromatic carbocycles. The number of carbonyl (C=O) groups is 2. The minimum atomic E-state index is -4.86. The van der Waals surface area contributed by atoms with E-state index in [1.807, 2.05) is 0 Å². The molecule has 17 heavy (non-hydrogen) atoms. The van der Waals surface area contributed by atoms with E-state index in [0.717, 1.165) is 0 Å². The van der Waals surface area contributed by atoms with Gasteiger partial charge in [0.1, 0.15) is 10.1 Å². The molecule has 1 rings (SSSR count). The first-order valence-corrected chi connectivity index (χ1v) is 6.19. The molecule has 0 aliphatic carbocycles. The van der Waals surface area contributed by atoms with Crippen molar-refractivity contribution in [2.24, 2.45) is 0 Å². The monoisotopic (exact) mass is 272 g/mol. The summed E-state index contributed by atoms with van der Waals surface area (Å²) in [6, 6.07) is -0.842. The van der Waals surface area contributed by atoms with Crippen LogP contribution in [-0.2, 0) is 19.7 Å². The fraction of sp³-hybridized carbons (Fsp3) is 0.750. The van der Waals surface area contributed by atoms with Crippen LogP contribution in [0.3, 0.4) is 0 Å². The van der Waals surface area contributed by atoms with Gasteiger partial charge in [0, 0.05) is 6.54 Å². The van der Waals surface area contributed by atoms with Crippen LogP contribution in [0, 0.1) is 0 Å². The van der Waals surface area contributed by atoms with Crippen LogP contribution >= 0.6 is 0 Å². The third-order valence-electron chi connectivity index (χ3n) is 2.67. The Morgan fingerprint density at radius 1 is 1.59 bits per heavy atom. The number of amides is 2. The van der Waals surface area contributed by atoms with E-state index < -0.39 is 39.1 Å². The Bertz CT molecular complexity index is 424. The van der Waals surface area contributed by atoms with Crippen molar-refractivity contribution in [3.8, 4) is 0 Å². The van der Waals surface area contributed by atoms with Gasteiger partial charge in [0.2, 0.25) is 11.8 Å². The zero-order valence-electron chi connectivity index (χ0n) is 9.94. The molecule has 2 unspecified atom stereocenters. The number of hydrogen-bond acceptors (Lipinski definition) is 5. The molecule has 2 atom stereocenters. The van der Waals surface area contributed by atoms with Crippen molar-refractivity contribution in [3.05, 3.63) is 0 Å². The Morgan fingerprint density at radius 3 is 2.41 bits per heavy atom. The van der Waals surface area contributed by atoms with Gasteiger partial charge in [-0.3, -0.25) is 9.59 Å². The number of rotatable bonds is 4. The number of β-lactam (4-membered cyclic amide) rings is 1. The maximum atomic E-state index is 11.3. The third-order valence-corrected chi connectivity index (χ3v) is 4.25. The fourth-order valence-electron chi connectivity index (χ4n) is 1.70. The van der Waals surface area contributed by atoms with Crippen LogP contribution in [0.15, 0.2) is 0 Å². The van der Waals surface area contributed by atoms with Crippen molar-refractivity contribution in [3.63, 3.8) is 0 Å². The maximum absolute atomic E-state index is 11.3. The van der Waals surface area contributed by atoms with E-state index in [1.54, 1.807) is 6.92 Å². The van der Waals surface area contributed by atoms with Gasteiger partial charge in [0.15, 0.2) is 4.75 Å². The van der Waals surface area contributed by atoms with Gasteiger partial charge in [-0.15, -0.1) is 0 Å². The number of hydrogen-bond donors (Lipinski definition) is 2. The standard InChI is InChI=1S/C8H14N2O5S.Na/c1-3-9-6(11)4-8(16(13,14)15)5(2)10-7(8)12;/h5H,3-4H2,1-2H3,(H,9,11)(H,10,12)(H,13,14,15);/q;+1/p-1. The zero-order chi connectivity index (χ0) is 12.6. The molecule has 0 aromatic rings. The van der Waals surface area contributed by atoms with E-state index in [2.05, 4.69) is 10.6 Å². The second kappa shape index (κ2) is 5.66. The van der Waals surface area contributed by atoms with Gasteiger partial charge in [0.05, 0.1) is 12.5 Å². The van der Waals surface area contributed by atoms with Gasteiger partial charge in [-0.25, -0.2) is 8.42 Å². The summed E-state index contributed by atoms with van der Waals surface area (Å²) < 4.78 is 31.2. The predicted molar refractivity (Wildman–Crippen MR) is 53.3 cm³/mol. The van der Waals surface area contributed by atoms with Crippen molar-refractivity contribution in [1.29, 1.82) is 0 Å². The molecule has 0 aromatic heterocycles. The quantitative estimate of drug-likeness (QED) is 0.303. The van der Waals surface area contributed by atoms with Crippen LogP contribution in [0.25, 0.3) is 0 Å². The van der Waals surface area contributed by atoms with E-state index in [0.29, 0.717) is 6.54 Å². The minimum Gasteiger partial charge on any atom is -0.747 e. The summed E-state index contributed by atoms with van der Waals surface area (Å²) in [5.41, 5.74) is 0. The van der Waals surface area contributed by atoms with Gasteiger partial charge >= 0.3 is 29.6 Å². The molecule has 0 radical (unpaired) electrons. The molecule has 1 heterocycles. The van der Waals surface area contributed by atoms with Gasteiger partial charge < -0.3 is 15.2 Å². The molecule has 7 nitrogen and oxygen atoms in total. The van der Waals surface area contributed by atoms with Gasteiger partial charge in [0.25, 0.3) is 0 Å². The molecular formula is C8H13N2NaO5S. The molecular weight excluding hydrogens is 259 g/mol. The van der Waals surface area contributed by atoms with Crippen molar-refractivity contribution in [1.82, 2.24) is 10.6 Å². The fourth-order valence-corrected chi connectivity index (χ4v) is 2.79. The van der Waals surface area contributed by atoms with E-state index >= 15 is 0 Å². The predicted octanol–water partition coefficient (Wildman–Crippen LogP) is -4.68. The van der Waals surface area contributed by atoms with Crippen LogP contribution < -0.4 is 40.2 Å². The van der Waals surface area contributed by atoms with Gasteiger partial charge in [-0.05, 0) is 13.8 Å². The first-order chi connectivity index (χ1) is 7.25. The topological polar surface area (TPSA) is 115 Å². The van der Waals surface area contributed by atoms with E-state index in [9.17, 15) is 22.6 Å². The van der Waals surface area contributed by atoms with Crippen LogP contribution in [0.5, 0.6) is 0 Å². The summed E-state index contributed by atoms with van der Waals surface area (Å²) in [5.74, 6) is -1.52. The maximum Gasteiger partial charge on any atom is 1.00 e. The molecule has 1 saturated heterocycles. The summed E-state index contributed by atoms with van der Waals surface area (Å²) >= 11 is 0. The molecule has 0 bridgehead atoms. The average molecular weight is 272 g/mol. The zero-order valence-corrected chi connectivity index (χ0v) is 12.8. The second-order valence-corrected chi connectivity index (χ2v) is 5.31. The normalized spacial score (nSPS) is 27.5. The minimum absolute atomic E-state index is 0. The number of carbonyl (C=O) groups excluding carboxylic acids is 2. The summed E-state index contributed by atoms with van der Waals surface area (Å²) in [4.78, 5) is 22.6. The molecule has 1 aliphatic rings. The van der Waals surface area contributed by atoms with E-state index in [1.165, 1.54) is 6.92 Å². The summed E-state index contributed by atoms with van der Waals surface area (Å²) in [5, 5.41) is 4.61. The summed E-state index contributed by atoms with van der Waals surface area (Å²) in [6.07, 6.45) is -0.625. The van der Waals surface area contributed by atoms with Crippen LogP contribution in [0.1, 0.15) is 20.3 Å². The average Bonchev–Trinajstić information content (AvgIpc) is 2.12. The molecule has 2 N–H and O–H groups in total. The van der Waals surface area contributed by atoms with Crippen molar-refractivity contribution in [2.75, 3.05) is 6.54 Å². The van der Waals surface area contributed by atoms with Crippen LogP contribution in [0.2, 0.25) is 0 Å². The molecule has 0 spiro atoms. The Balaban J connectivity index is 0.00000256. The van der Waals surface area contributed by atoms with E-state index in [4.69, 9.17) is 0 Å². The molecule has 9 heteroatoms. The van der Waals surface area contributed by atoms with Crippen molar-refractivity contribution >= 4 is 21.9 Å². The number of nitrogens with one attached hydrogen (secondary N) is 2. The van der Waals surface area contributed by atoms with Gasteiger partial charge in [-0.2, -0.15) is 0 Å². The first kappa shape index (κ1) is 16.9. The first-order valence-electron chi connectivity index (χ1n) is 4.78. The third kappa shape index (κ3) is 2.82. The molecule has 1 fully saturated rings. The smallest absolute Gasteiger partial charge is 0.747 e. The SMILES string of the molecule is CCNC(=O)CC1(S(=O)(=O)[O-])C(=O)NC1C.[Na+]. The van der Waals surface area contributed by atoms with Crippen molar-refractivity contribution in [2.45, 2.75) is 31.1 Å². The molecule has 1 aliphatic heterocycles. The second-order valence-electron chi connectivity index (χ2n) is 3.67. The largest absolute Gasteiger partial charge is 1.00 e. The Hall–Kier alpha value is -0.150. The Labute approximate surface area is 122 Å². The Morgan fingerprint density at radius 2 is 2.12 bits per heavy atom. The molecule has 2 amide bonds. The Kier molecular flexibility index (Phi) is 5.61. The summed E-state index contributed by atoms with van der Waals surface area (Å²) in [7, 11) is -4.86. The van der Waals surface area contributed by atoms with Crippen LogP contribution in [-0.4, -0.2) is 42.1 Å². The van der Waals surface area contributed by atoms with Crippen LogP contribution in [0.4, 0.5) is 0 Å². The van der Waals surface area contributed by atoms with E-state index in [-0.39, 0.29) is 29.6 Å². The molecule has 0 saturated carbocycles. The summed E-state index contributed by atoms with van der Waals surface area (Å²) in [6.45, 7) is 3.35. The molecule has 92 valence electrons.